The van der Waals surface area contributed by atoms with Crippen molar-refractivity contribution in [1.82, 2.24) is 14.8 Å². The van der Waals surface area contributed by atoms with Crippen LogP contribution < -0.4 is 5.73 Å². The van der Waals surface area contributed by atoms with Gasteiger partial charge in [0.2, 0.25) is 0 Å². The van der Waals surface area contributed by atoms with Crippen molar-refractivity contribution in [1.29, 1.82) is 0 Å². The molecule has 1 aliphatic carbocycles. The zero-order valence-electron chi connectivity index (χ0n) is 9.15. The van der Waals surface area contributed by atoms with E-state index in [0.29, 0.717) is 6.54 Å². The molecule has 0 aromatic carbocycles. The van der Waals surface area contributed by atoms with Gasteiger partial charge in [-0.1, -0.05) is 24.6 Å². The zero-order chi connectivity index (χ0) is 10.7. The third-order valence-electron chi connectivity index (χ3n) is 2.75. The highest BCUT2D eigenvalue weighted by atomic mass is 32.2. The summed E-state index contributed by atoms with van der Waals surface area (Å²) in [4.78, 5) is 0. The third kappa shape index (κ3) is 2.72. The minimum absolute atomic E-state index is 0.476. The topological polar surface area (TPSA) is 56.7 Å². The van der Waals surface area contributed by atoms with Crippen molar-refractivity contribution in [3.8, 4) is 0 Å². The van der Waals surface area contributed by atoms with E-state index in [1.54, 1.807) is 0 Å². The molecule has 0 radical (unpaired) electrons. The molecule has 2 rings (SSSR count). The molecule has 0 unspecified atom stereocenters. The van der Waals surface area contributed by atoms with E-state index in [1.807, 2.05) is 11.8 Å². The molecular weight excluding hydrogens is 208 g/mol. The van der Waals surface area contributed by atoms with Gasteiger partial charge in [-0.25, -0.2) is 0 Å². The molecule has 0 amide bonds. The van der Waals surface area contributed by atoms with E-state index >= 15 is 0 Å². The first-order valence-electron chi connectivity index (χ1n) is 5.60. The van der Waals surface area contributed by atoms with Crippen LogP contribution >= 0.6 is 11.8 Å². The predicted molar refractivity (Wildman–Crippen MR) is 61.7 cm³/mol. The van der Waals surface area contributed by atoms with Crippen LogP contribution in [0.15, 0.2) is 5.16 Å². The second-order valence-electron chi connectivity index (χ2n) is 3.93. The highest BCUT2D eigenvalue weighted by Crippen LogP contribution is 2.34. The Labute approximate surface area is 94.6 Å². The van der Waals surface area contributed by atoms with Crippen LogP contribution in [0, 0.1) is 5.92 Å². The summed E-state index contributed by atoms with van der Waals surface area (Å²) >= 11 is 1.81. The minimum Gasteiger partial charge on any atom is -0.324 e. The van der Waals surface area contributed by atoms with E-state index < -0.39 is 0 Å². The summed E-state index contributed by atoms with van der Waals surface area (Å²) in [7, 11) is 0. The van der Waals surface area contributed by atoms with Crippen LogP contribution in [0.5, 0.6) is 0 Å². The standard InChI is InChI=1S/C10H18N4S/c1-2-14-9(7-11)12-13-10(14)15-6-5-8-3-4-8/h8H,2-7,11H2,1H3. The predicted octanol–water partition coefficient (Wildman–Crippen LogP) is 1.65. The third-order valence-corrected chi connectivity index (χ3v) is 3.75. The first kappa shape index (κ1) is 11.0. The van der Waals surface area contributed by atoms with Crippen molar-refractivity contribution in [3.05, 3.63) is 5.82 Å². The number of aromatic nitrogens is 3. The fourth-order valence-corrected chi connectivity index (χ4v) is 2.74. The van der Waals surface area contributed by atoms with Gasteiger partial charge in [0, 0.05) is 12.3 Å². The molecule has 15 heavy (non-hydrogen) atoms. The first-order chi connectivity index (χ1) is 7.35. The summed E-state index contributed by atoms with van der Waals surface area (Å²) in [6, 6.07) is 0. The molecule has 0 saturated heterocycles. The van der Waals surface area contributed by atoms with E-state index in [2.05, 4.69) is 21.7 Å². The van der Waals surface area contributed by atoms with E-state index in [1.165, 1.54) is 19.3 Å². The molecule has 0 aliphatic heterocycles. The van der Waals surface area contributed by atoms with E-state index in [0.717, 1.165) is 29.2 Å². The summed E-state index contributed by atoms with van der Waals surface area (Å²) in [6.45, 7) is 3.49. The summed E-state index contributed by atoms with van der Waals surface area (Å²) < 4.78 is 2.11. The van der Waals surface area contributed by atoms with Crippen molar-refractivity contribution in [2.45, 2.75) is 44.4 Å². The normalized spacial score (nSPS) is 15.9. The van der Waals surface area contributed by atoms with E-state index in [-0.39, 0.29) is 0 Å². The summed E-state index contributed by atoms with van der Waals surface area (Å²) in [5.41, 5.74) is 5.59. The molecule has 4 nitrogen and oxygen atoms in total. The maximum absolute atomic E-state index is 5.59. The Hall–Kier alpha value is -0.550. The first-order valence-corrected chi connectivity index (χ1v) is 6.58. The second kappa shape index (κ2) is 4.99. The number of hydrogen-bond acceptors (Lipinski definition) is 4. The Morgan fingerprint density at radius 2 is 2.27 bits per heavy atom. The van der Waals surface area contributed by atoms with Gasteiger partial charge in [0.25, 0.3) is 0 Å². The number of nitrogens with zero attached hydrogens (tertiary/aromatic N) is 3. The van der Waals surface area contributed by atoms with Gasteiger partial charge in [0.05, 0.1) is 6.54 Å². The van der Waals surface area contributed by atoms with Crippen LogP contribution in [-0.4, -0.2) is 20.5 Å². The van der Waals surface area contributed by atoms with Crippen LogP contribution in [0.25, 0.3) is 0 Å². The van der Waals surface area contributed by atoms with E-state index in [4.69, 9.17) is 5.73 Å². The minimum atomic E-state index is 0.476. The highest BCUT2D eigenvalue weighted by Gasteiger charge is 2.21. The molecular formula is C10H18N4S. The zero-order valence-corrected chi connectivity index (χ0v) is 9.96. The molecule has 1 aliphatic rings. The molecule has 1 aromatic rings. The van der Waals surface area contributed by atoms with E-state index in [9.17, 15) is 0 Å². The van der Waals surface area contributed by atoms with Gasteiger partial charge in [-0.15, -0.1) is 10.2 Å². The maximum Gasteiger partial charge on any atom is 0.191 e. The quantitative estimate of drug-likeness (QED) is 0.749. The van der Waals surface area contributed by atoms with Crippen LogP contribution in [0.4, 0.5) is 0 Å². The molecule has 2 N–H and O–H groups in total. The Morgan fingerprint density at radius 3 is 2.87 bits per heavy atom. The fourth-order valence-electron chi connectivity index (χ4n) is 1.62. The molecule has 84 valence electrons. The number of nitrogens with two attached hydrogens (primary N) is 1. The van der Waals surface area contributed by atoms with Gasteiger partial charge < -0.3 is 10.3 Å². The maximum atomic E-state index is 5.59. The molecule has 0 spiro atoms. The van der Waals surface area contributed by atoms with Crippen LogP contribution in [-0.2, 0) is 13.1 Å². The van der Waals surface area contributed by atoms with Crippen molar-refractivity contribution in [2.75, 3.05) is 5.75 Å². The van der Waals surface area contributed by atoms with Crippen molar-refractivity contribution in [2.24, 2.45) is 11.7 Å². The summed E-state index contributed by atoms with van der Waals surface area (Å²) in [6.07, 6.45) is 4.17. The summed E-state index contributed by atoms with van der Waals surface area (Å²) in [5, 5.41) is 9.28. The Balaban J connectivity index is 1.90. The van der Waals surface area contributed by atoms with Gasteiger partial charge in [-0.2, -0.15) is 0 Å². The molecule has 5 heteroatoms. The van der Waals surface area contributed by atoms with Crippen molar-refractivity contribution < 1.29 is 0 Å². The van der Waals surface area contributed by atoms with Crippen molar-refractivity contribution >= 4 is 11.8 Å². The lowest BCUT2D eigenvalue weighted by molar-refractivity contribution is 0.642. The Kier molecular flexibility index (Phi) is 3.64. The lowest BCUT2D eigenvalue weighted by Crippen LogP contribution is -2.08. The number of hydrogen-bond donors (Lipinski definition) is 1. The molecule has 1 heterocycles. The van der Waals surface area contributed by atoms with Gasteiger partial charge in [-0.05, 0) is 19.3 Å². The Bertz CT molecular complexity index is 319. The van der Waals surface area contributed by atoms with Crippen LogP contribution in [0.1, 0.15) is 32.0 Å². The largest absolute Gasteiger partial charge is 0.324 e. The summed E-state index contributed by atoms with van der Waals surface area (Å²) in [5.74, 6) is 3.05. The van der Waals surface area contributed by atoms with Crippen LogP contribution in [0.3, 0.4) is 0 Å². The lowest BCUT2D eigenvalue weighted by atomic mass is 10.3. The smallest absolute Gasteiger partial charge is 0.191 e. The lowest BCUT2D eigenvalue weighted by Gasteiger charge is -2.05. The van der Waals surface area contributed by atoms with Crippen molar-refractivity contribution in [3.63, 3.8) is 0 Å². The van der Waals surface area contributed by atoms with Gasteiger partial charge in [-0.3, -0.25) is 0 Å². The molecule has 1 aromatic heterocycles. The average Bonchev–Trinajstić information content (AvgIpc) is 2.98. The second-order valence-corrected chi connectivity index (χ2v) is 4.99. The molecule has 1 fully saturated rings. The van der Waals surface area contributed by atoms with Gasteiger partial charge in [0.1, 0.15) is 5.82 Å². The van der Waals surface area contributed by atoms with Crippen LogP contribution in [0.2, 0.25) is 0 Å². The van der Waals surface area contributed by atoms with Gasteiger partial charge >= 0.3 is 0 Å². The number of rotatable bonds is 6. The number of thioether (sulfide) groups is 1. The molecule has 0 atom stereocenters. The average molecular weight is 226 g/mol. The molecule has 0 bridgehead atoms. The fraction of sp³-hybridized carbons (Fsp3) is 0.800. The highest BCUT2D eigenvalue weighted by molar-refractivity contribution is 7.99. The monoisotopic (exact) mass is 226 g/mol. The Morgan fingerprint density at radius 1 is 1.47 bits per heavy atom. The SMILES string of the molecule is CCn1c(CN)nnc1SCCC1CC1. The molecule has 1 saturated carbocycles. The van der Waals surface area contributed by atoms with Gasteiger partial charge in [0.15, 0.2) is 5.16 Å².